The molecular weight excluding hydrogens is 1310 g/mol. The van der Waals surface area contributed by atoms with E-state index in [4.69, 9.17) is 116 Å². The molecule has 0 heterocycles. The lowest BCUT2D eigenvalue weighted by molar-refractivity contribution is -0.385. The van der Waals surface area contributed by atoms with E-state index in [0.717, 1.165) is 11.4 Å². The average molecular weight is 1350 g/mol. The molecule has 0 aromatic heterocycles. The van der Waals surface area contributed by atoms with Crippen molar-refractivity contribution in [1.29, 1.82) is 0 Å². The van der Waals surface area contributed by atoms with E-state index in [-0.39, 0.29) is 74.3 Å². The molecule has 0 aliphatic carbocycles. The third kappa shape index (κ3) is 13.4. The molecule has 2 N–H and O–H groups in total. The molecule has 28 heteroatoms. The van der Waals surface area contributed by atoms with Gasteiger partial charge in [0.15, 0.2) is 0 Å². The Bertz CT molecular complexity index is 3690. The van der Waals surface area contributed by atoms with Gasteiger partial charge in [0, 0.05) is 154 Å². The number of nitro groups is 4. The van der Waals surface area contributed by atoms with Gasteiger partial charge in [-0.3, -0.25) is 40.5 Å². The van der Waals surface area contributed by atoms with Gasteiger partial charge in [0.25, 0.3) is 22.7 Å². The SMILES string of the molecule is CN(C)c1ccc(Sc2ccc(N(C)C)c(-c3ccc([N+](=O)[O-])cc3Cl)c2Cl)c(Cl)c1-c1ccc([N+](=O)[O-])cc1Cl.CNc1cc(-c2c(Cl)ccc(Sc3ccc(Cl)c(-c4cc(NC)c([N+](=O)[O-])cc4Cl)c3Cl)c2Cl)c(Cl)cc1[N+](=O)[O-]. The van der Waals surface area contributed by atoms with Gasteiger partial charge in [-0.15, -0.1) is 0 Å². The van der Waals surface area contributed by atoms with Crippen molar-refractivity contribution in [2.75, 3.05) is 62.7 Å². The number of benzene rings is 8. The summed E-state index contributed by atoms with van der Waals surface area (Å²) in [4.78, 5) is 49.5. The minimum atomic E-state index is -0.548. The van der Waals surface area contributed by atoms with Crippen molar-refractivity contribution in [3.63, 3.8) is 0 Å². The number of nitrogens with one attached hydrogen (secondary N) is 2. The topological polar surface area (TPSA) is 203 Å². The Morgan fingerprint density at radius 3 is 0.951 bits per heavy atom. The predicted molar refractivity (Wildman–Crippen MR) is 340 cm³/mol. The van der Waals surface area contributed by atoms with Crippen LogP contribution in [0.3, 0.4) is 0 Å². The number of hydrogen-bond acceptors (Lipinski definition) is 14. The summed E-state index contributed by atoms with van der Waals surface area (Å²) < 4.78 is 0. The summed E-state index contributed by atoms with van der Waals surface area (Å²) in [7, 11) is 10.5. The summed E-state index contributed by atoms with van der Waals surface area (Å²) in [6, 6.07) is 28.1. The van der Waals surface area contributed by atoms with Crippen LogP contribution in [0.4, 0.5) is 45.5 Å². The molecule has 0 amide bonds. The first kappa shape index (κ1) is 63.7. The molecule has 0 radical (unpaired) electrons. The second-order valence-electron chi connectivity index (χ2n) is 17.6. The van der Waals surface area contributed by atoms with Crippen LogP contribution in [0, 0.1) is 40.5 Å². The second kappa shape index (κ2) is 26.8. The molecule has 424 valence electrons. The first-order chi connectivity index (χ1) is 38.7. The minimum absolute atomic E-state index is 0.0848. The molecule has 16 nitrogen and oxygen atoms in total. The number of nitrogens with zero attached hydrogens (tertiary/aromatic N) is 6. The summed E-state index contributed by atoms with van der Waals surface area (Å²) in [5.74, 6) is 0. The van der Waals surface area contributed by atoms with Crippen LogP contribution in [-0.4, -0.2) is 62.0 Å². The maximum Gasteiger partial charge on any atom is 0.293 e. The van der Waals surface area contributed by atoms with E-state index in [0.29, 0.717) is 74.1 Å². The summed E-state index contributed by atoms with van der Waals surface area (Å²) >= 11 is 69.2. The fourth-order valence-corrected chi connectivity index (χ4v) is 13.3. The van der Waals surface area contributed by atoms with E-state index in [1.165, 1.54) is 72.1 Å². The van der Waals surface area contributed by atoms with E-state index < -0.39 is 19.7 Å². The molecule has 82 heavy (non-hydrogen) atoms. The Morgan fingerprint density at radius 2 is 0.671 bits per heavy atom. The maximum atomic E-state index is 11.4. The van der Waals surface area contributed by atoms with E-state index >= 15 is 0 Å². The summed E-state index contributed by atoms with van der Waals surface area (Å²) in [5, 5.41) is 53.3. The highest BCUT2D eigenvalue weighted by Crippen LogP contribution is 2.53. The molecule has 0 bridgehead atoms. The molecule has 0 atom stereocenters. The van der Waals surface area contributed by atoms with E-state index in [1.807, 2.05) is 62.3 Å². The number of anilines is 4. The van der Waals surface area contributed by atoms with Crippen LogP contribution in [0.15, 0.2) is 129 Å². The van der Waals surface area contributed by atoms with Crippen LogP contribution in [-0.2, 0) is 0 Å². The Kier molecular flexibility index (Phi) is 20.8. The smallest absolute Gasteiger partial charge is 0.293 e. The molecule has 8 aromatic carbocycles. The third-order valence-corrected chi connectivity index (χ3v) is 18.3. The molecule has 0 unspecified atom stereocenters. The highest BCUT2D eigenvalue weighted by molar-refractivity contribution is 7.99. The minimum Gasteiger partial charge on any atom is -0.383 e. The summed E-state index contributed by atoms with van der Waals surface area (Å²) in [6.07, 6.45) is 0. The molecule has 0 spiro atoms. The normalized spacial score (nSPS) is 10.9. The van der Waals surface area contributed by atoms with Gasteiger partial charge in [-0.25, -0.2) is 0 Å². The van der Waals surface area contributed by atoms with Crippen molar-refractivity contribution in [3.05, 3.63) is 200 Å². The number of hydrogen-bond donors (Lipinski definition) is 2. The van der Waals surface area contributed by atoms with Gasteiger partial charge in [-0.2, -0.15) is 0 Å². The average Bonchev–Trinajstić information content (AvgIpc) is 3.46. The molecule has 0 aliphatic heterocycles. The highest BCUT2D eigenvalue weighted by Gasteiger charge is 2.27. The molecular formula is C54H38Cl10N8O8S2. The number of nitro benzene ring substituents is 4. The molecule has 0 fully saturated rings. The largest absolute Gasteiger partial charge is 0.383 e. The lowest BCUT2D eigenvalue weighted by Gasteiger charge is -2.23. The Labute approximate surface area is 527 Å². The molecule has 0 aliphatic rings. The fourth-order valence-electron chi connectivity index (χ4n) is 8.32. The van der Waals surface area contributed by atoms with Gasteiger partial charge in [-0.1, -0.05) is 140 Å². The zero-order valence-electron chi connectivity index (χ0n) is 42.9. The van der Waals surface area contributed by atoms with Crippen LogP contribution in [0.5, 0.6) is 0 Å². The number of halogens is 10. The number of rotatable bonds is 16. The van der Waals surface area contributed by atoms with Gasteiger partial charge in [0.2, 0.25) is 0 Å². The van der Waals surface area contributed by atoms with Crippen molar-refractivity contribution in [1.82, 2.24) is 0 Å². The van der Waals surface area contributed by atoms with Crippen LogP contribution in [0.25, 0.3) is 44.5 Å². The van der Waals surface area contributed by atoms with Crippen LogP contribution in [0.1, 0.15) is 0 Å². The first-order valence-corrected chi connectivity index (χ1v) is 28.6. The fraction of sp³-hybridized carbons (Fsp3) is 0.111. The summed E-state index contributed by atoms with van der Waals surface area (Å²) in [5.41, 5.74) is 5.16. The van der Waals surface area contributed by atoms with E-state index in [9.17, 15) is 40.5 Å². The summed E-state index contributed by atoms with van der Waals surface area (Å²) in [6.45, 7) is 0. The molecule has 0 saturated carbocycles. The van der Waals surface area contributed by atoms with Crippen LogP contribution < -0.4 is 20.4 Å². The standard InChI is InChI=1S/C28H22Cl4N4O4S.C26H16Cl6N4O4S/c1-33(2)21-9-11-23(27(31)25(21)17-7-5-15(35(37)38)13-19(17)29)41-24-12-10-22(34(3)4)26(28(24)32)18-8-6-16(36(39)40)14-20(18)30;1-33-17-7-11(15(29)9-19(17)35(37)38)23-13(27)3-5-21(25(23)31)41-22-6-4-14(28)24(26(22)32)12-8-18(34-2)20(36(39)40)10-16(12)30/h5-14H,1-4H3;3-10,33-34H,1-2H3. The monoisotopic (exact) mass is 1340 g/mol. The van der Waals surface area contributed by atoms with Gasteiger partial charge in [0.05, 0.1) is 69.9 Å². The van der Waals surface area contributed by atoms with Crippen molar-refractivity contribution >= 4 is 185 Å². The number of non-ortho nitro benzene ring substituents is 2. The molecule has 8 aromatic rings. The van der Waals surface area contributed by atoms with E-state index in [2.05, 4.69) is 10.6 Å². The predicted octanol–water partition coefficient (Wildman–Crippen LogP) is 20.7. The van der Waals surface area contributed by atoms with E-state index in [1.54, 1.807) is 50.5 Å². The lowest BCUT2D eigenvalue weighted by Crippen LogP contribution is -2.11. The Hall–Kier alpha value is -5.84. The molecule has 8 rings (SSSR count). The molecule has 0 saturated heterocycles. The van der Waals surface area contributed by atoms with Crippen LogP contribution in [0.2, 0.25) is 50.2 Å². The second-order valence-corrected chi connectivity index (χ2v) is 23.7. The highest BCUT2D eigenvalue weighted by atomic mass is 35.5. The third-order valence-electron chi connectivity index (χ3n) is 12.2. The Balaban J connectivity index is 0.000000236. The van der Waals surface area contributed by atoms with Crippen molar-refractivity contribution in [2.45, 2.75) is 19.6 Å². The van der Waals surface area contributed by atoms with Gasteiger partial charge < -0.3 is 20.4 Å². The van der Waals surface area contributed by atoms with Crippen LogP contribution >= 0.6 is 140 Å². The quantitative estimate of drug-likeness (QED) is 0.0683. The van der Waals surface area contributed by atoms with Gasteiger partial charge in [0.1, 0.15) is 11.4 Å². The van der Waals surface area contributed by atoms with Gasteiger partial charge in [-0.05, 0) is 72.8 Å². The Morgan fingerprint density at radius 1 is 0.366 bits per heavy atom. The first-order valence-electron chi connectivity index (χ1n) is 23.2. The lowest BCUT2D eigenvalue weighted by atomic mass is 10.0. The van der Waals surface area contributed by atoms with Crippen molar-refractivity contribution in [2.24, 2.45) is 0 Å². The maximum absolute atomic E-state index is 11.4. The van der Waals surface area contributed by atoms with Crippen molar-refractivity contribution < 1.29 is 19.7 Å². The van der Waals surface area contributed by atoms with Gasteiger partial charge >= 0.3 is 0 Å². The zero-order valence-corrected chi connectivity index (χ0v) is 52.1. The van der Waals surface area contributed by atoms with Crippen molar-refractivity contribution in [3.8, 4) is 44.5 Å². The zero-order chi connectivity index (χ0) is 60.3.